The van der Waals surface area contributed by atoms with Crippen LogP contribution in [0, 0.1) is 5.92 Å². The number of nitrogens with one attached hydrogen (secondary N) is 1. The molecule has 1 heterocycles. The summed E-state index contributed by atoms with van der Waals surface area (Å²) in [6, 6.07) is 7.87. The predicted molar refractivity (Wildman–Crippen MR) is 111 cm³/mol. The fourth-order valence-corrected chi connectivity index (χ4v) is 4.17. The van der Waals surface area contributed by atoms with Crippen LogP contribution in [0.25, 0.3) is 0 Å². The van der Waals surface area contributed by atoms with E-state index in [4.69, 9.17) is 0 Å². The molecule has 2 aliphatic carbocycles. The van der Waals surface area contributed by atoms with Gasteiger partial charge in [0.15, 0.2) is 0 Å². The quantitative estimate of drug-likeness (QED) is 0.769. The van der Waals surface area contributed by atoms with E-state index in [9.17, 15) is 9.59 Å². The van der Waals surface area contributed by atoms with Crippen LogP contribution in [0.2, 0.25) is 0 Å². The Morgan fingerprint density at radius 3 is 2.39 bits per heavy atom. The van der Waals surface area contributed by atoms with Crippen molar-refractivity contribution in [2.75, 3.05) is 37.6 Å². The summed E-state index contributed by atoms with van der Waals surface area (Å²) in [6.07, 6.45) is 10.4. The molecule has 0 radical (unpaired) electrons. The Bertz CT molecular complexity index is 729. The number of allylic oxidation sites excluding steroid dienone is 1. The molecule has 1 aliphatic heterocycles. The SMILES string of the molecule is O=C(NCCC1=CCCCC1)c1ccc(N2CCN(C(=O)C3CC3)CC2)cc1. The summed E-state index contributed by atoms with van der Waals surface area (Å²) in [5, 5.41) is 3.04. The molecule has 2 fully saturated rings. The van der Waals surface area contributed by atoms with Crippen LogP contribution in [-0.2, 0) is 4.79 Å². The first-order valence-electron chi connectivity index (χ1n) is 10.8. The van der Waals surface area contributed by atoms with Gasteiger partial charge < -0.3 is 15.1 Å². The van der Waals surface area contributed by atoms with Crippen molar-refractivity contribution >= 4 is 17.5 Å². The number of nitrogens with zero attached hydrogens (tertiary/aromatic N) is 2. The normalized spacial score (nSPS) is 19.9. The molecule has 0 bridgehead atoms. The standard InChI is InChI=1S/C23H31N3O2/c27-22(24-13-12-18-4-2-1-3-5-18)19-8-10-21(11-9-19)25-14-16-26(17-15-25)23(28)20-6-7-20/h4,8-11,20H,1-3,5-7,12-17H2,(H,24,27). The lowest BCUT2D eigenvalue weighted by Crippen LogP contribution is -2.49. The van der Waals surface area contributed by atoms with E-state index >= 15 is 0 Å². The zero-order chi connectivity index (χ0) is 19.3. The van der Waals surface area contributed by atoms with Gasteiger partial charge in [0.25, 0.3) is 5.91 Å². The van der Waals surface area contributed by atoms with Crippen molar-refractivity contribution in [3.8, 4) is 0 Å². The third kappa shape index (κ3) is 4.75. The van der Waals surface area contributed by atoms with Gasteiger partial charge >= 0.3 is 0 Å². The largest absolute Gasteiger partial charge is 0.368 e. The summed E-state index contributed by atoms with van der Waals surface area (Å²) in [4.78, 5) is 28.9. The number of hydrogen-bond donors (Lipinski definition) is 1. The lowest BCUT2D eigenvalue weighted by molar-refractivity contribution is -0.132. The van der Waals surface area contributed by atoms with Crippen molar-refractivity contribution < 1.29 is 9.59 Å². The number of rotatable bonds is 6. The smallest absolute Gasteiger partial charge is 0.251 e. The van der Waals surface area contributed by atoms with E-state index in [1.165, 1.54) is 31.3 Å². The average Bonchev–Trinajstić information content (AvgIpc) is 3.60. The van der Waals surface area contributed by atoms with E-state index in [0.29, 0.717) is 23.9 Å². The van der Waals surface area contributed by atoms with Gasteiger partial charge in [-0.1, -0.05) is 11.6 Å². The van der Waals surface area contributed by atoms with Gasteiger partial charge in [-0.25, -0.2) is 0 Å². The lowest BCUT2D eigenvalue weighted by Gasteiger charge is -2.36. The lowest BCUT2D eigenvalue weighted by atomic mass is 9.97. The van der Waals surface area contributed by atoms with Crippen LogP contribution >= 0.6 is 0 Å². The van der Waals surface area contributed by atoms with Gasteiger partial charge in [-0.15, -0.1) is 0 Å². The van der Waals surface area contributed by atoms with Gasteiger partial charge in [0.1, 0.15) is 0 Å². The second-order valence-corrected chi connectivity index (χ2v) is 8.25. The monoisotopic (exact) mass is 381 g/mol. The zero-order valence-corrected chi connectivity index (χ0v) is 16.7. The second-order valence-electron chi connectivity index (χ2n) is 8.25. The minimum atomic E-state index is 0.00260. The molecule has 0 atom stereocenters. The summed E-state index contributed by atoms with van der Waals surface area (Å²) in [5.74, 6) is 0.650. The molecule has 3 aliphatic rings. The van der Waals surface area contributed by atoms with Crippen molar-refractivity contribution in [3.63, 3.8) is 0 Å². The van der Waals surface area contributed by atoms with E-state index in [0.717, 1.165) is 51.1 Å². The molecule has 5 nitrogen and oxygen atoms in total. The molecule has 0 unspecified atom stereocenters. The van der Waals surface area contributed by atoms with Crippen LogP contribution in [-0.4, -0.2) is 49.4 Å². The maximum absolute atomic E-state index is 12.4. The summed E-state index contributed by atoms with van der Waals surface area (Å²) < 4.78 is 0. The number of anilines is 1. The fraction of sp³-hybridized carbons (Fsp3) is 0.565. The Hall–Kier alpha value is -2.30. The van der Waals surface area contributed by atoms with Crippen molar-refractivity contribution in [1.82, 2.24) is 10.2 Å². The third-order valence-electron chi connectivity index (χ3n) is 6.13. The Balaban J connectivity index is 1.23. The van der Waals surface area contributed by atoms with Crippen LogP contribution in [0.3, 0.4) is 0 Å². The number of carbonyl (C=O) groups is 2. The van der Waals surface area contributed by atoms with Crippen LogP contribution < -0.4 is 10.2 Å². The second kappa shape index (κ2) is 8.80. The molecule has 1 N–H and O–H groups in total. The van der Waals surface area contributed by atoms with Gasteiger partial charge in [-0.2, -0.15) is 0 Å². The number of benzene rings is 1. The first-order valence-corrected chi connectivity index (χ1v) is 10.8. The van der Waals surface area contributed by atoms with E-state index in [1.807, 2.05) is 29.2 Å². The molecule has 5 heteroatoms. The highest BCUT2D eigenvalue weighted by Crippen LogP contribution is 2.31. The first kappa shape index (κ1) is 19.0. The molecule has 1 aromatic rings. The molecule has 1 aromatic carbocycles. The van der Waals surface area contributed by atoms with E-state index in [1.54, 1.807) is 0 Å². The molecule has 2 amide bonds. The molecule has 1 saturated carbocycles. The van der Waals surface area contributed by atoms with Crippen molar-refractivity contribution in [2.24, 2.45) is 5.92 Å². The summed E-state index contributed by atoms with van der Waals surface area (Å²) >= 11 is 0. The highest BCUT2D eigenvalue weighted by Gasteiger charge is 2.34. The molecule has 150 valence electrons. The highest BCUT2D eigenvalue weighted by atomic mass is 16.2. The van der Waals surface area contributed by atoms with Gasteiger partial charge in [0, 0.05) is 49.9 Å². The Kier molecular flexibility index (Phi) is 5.98. The Morgan fingerprint density at radius 1 is 1.00 bits per heavy atom. The number of hydrogen-bond acceptors (Lipinski definition) is 3. The third-order valence-corrected chi connectivity index (χ3v) is 6.13. The number of amides is 2. The zero-order valence-electron chi connectivity index (χ0n) is 16.7. The van der Waals surface area contributed by atoms with E-state index < -0.39 is 0 Å². The van der Waals surface area contributed by atoms with Crippen molar-refractivity contribution in [3.05, 3.63) is 41.5 Å². The minimum Gasteiger partial charge on any atom is -0.368 e. The highest BCUT2D eigenvalue weighted by molar-refractivity contribution is 5.94. The number of piperazine rings is 1. The maximum Gasteiger partial charge on any atom is 0.251 e. The van der Waals surface area contributed by atoms with Crippen LogP contribution in [0.5, 0.6) is 0 Å². The molecule has 28 heavy (non-hydrogen) atoms. The molecule has 4 rings (SSSR count). The van der Waals surface area contributed by atoms with Crippen molar-refractivity contribution in [1.29, 1.82) is 0 Å². The molecule has 1 saturated heterocycles. The number of carbonyl (C=O) groups excluding carboxylic acids is 2. The predicted octanol–water partition coefficient (Wildman–Crippen LogP) is 3.37. The molecule has 0 spiro atoms. The summed E-state index contributed by atoms with van der Waals surface area (Å²) in [6.45, 7) is 4.03. The van der Waals surface area contributed by atoms with Gasteiger partial charge in [-0.3, -0.25) is 9.59 Å². The van der Waals surface area contributed by atoms with E-state index in [-0.39, 0.29) is 5.91 Å². The minimum absolute atomic E-state index is 0.00260. The first-order chi connectivity index (χ1) is 13.7. The van der Waals surface area contributed by atoms with Crippen LogP contribution in [0.15, 0.2) is 35.9 Å². The Morgan fingerprint density at radius 2 is 1.75 bits per heavy atom. The van der Waals surface area contributed by atoms with Gasteiger partial charge in [0.2, 0.25) is 5.91 Å². The topological polar surface area (TPSA) is 52.7 Å². The van der Waals surface area contributed by atoms with Gasteiger partial charge in [0.05, 0.1) is 0 Å². The van der Waals surface area contributed by atoms with Crippen LogP contribution in [0.4, 0.5) is 5.69 Å². The van der Waals surface area contributed by atoms with Gasteiger partial charge in [-0.05, 0) is 69.2 Å². The average molecular weight is 382 g/mol. The van der Waals surface area contributed by atoms with E-state index in [2.05, 4.69) is 16.3 Å². The molecular weight excluding hydrogens is 350 g/mol. The fourth-order valence-electron chi connectivity index (χ4n) is 4.17. The summed E-state index contributed by atoms with van der Waals surface area (Å²) in [5.41, 5.74) is 3.33. The molecule has 0 aromatic heterocycles. The van der Waals surface area contributed by atoms with Crippen LogP contribution in [0.1, 0.15) is 55.3 Å². The Labute approximate surface area is 167 Å². The van der Waals surface area contributed by atoms with Crippen molar-refractivity contribution in [2.45, 2.75) is 44.9 Å². The maximum atomic E-state index is 12.4. The summed E-state index contributed by atoms with van der Waals surface area (Å²) in [7, 11) is 0. The molecular formula is C23H31N3O2.